The summed E-state index contributed by atoms with van der Waals surface area (Å²) in [5.41, 5.74) is 0.105. The largest absolute Gasteiger partial charge is 0.504 e. The van der Waals surface area contributed by atoms with Crippen molar-refractivity contribution in [2.24, 2.45) is 5.92 Å². The lowest BCUT2D eigenvalue weighted by Gasteiger charge is -2.37. The Hall–Kier alpha value is -2.21. The Morgan fingerprint density at radius 1 is 1.16 bits per heavy atom. The maximum Gasteiger partial charge on any atom is 0.256 e. The van der Waals surface area contributed by atoms with Gasteiger partial charge in [0, 0.05) is 18.5 Å². The number of ketones is 2. The van der Waals surface area contributed by atoms with Crippen LogP contribution in [-0.2, 0) is 19.6 Å². The van der Waals surface area contributed by atoms with E-state index in [4.69, 9.17) is 4.42 Å². The highest BCUT2D eigenvalue weighted by atomic mass is 32.2. The maximum atomic E-state index is 12.8. The standard InChI is InChI=1S/C21H29N3O6S2/c1-6-24(7-2)32(28,29)21-18(25)13(10-31-21)22-16-17(20(27)19(16)26)23-15(11(3)4)14-9-8-12(5)30-14/h8-11,15-17,22-23,25H,6-7H2,1-5H3/t15-,16?,17?/m1/s1. The van der Waals surface area contributed by atoms with Gasteiger partial charge in [0.2, 0.25) is 11.6 Å². The number of hydrogen-bond acceptors (Lipinski definition) is 9. The van der Waals surface area contributed by atoms with Crippen LogP contribution in [-0.4, -0.2) is 54.6 Å². The summed E-state index contributed by atoms with van der Waals surface area (Å²) in [4.78, 5) is 24.6. The molecule has 3 atom stereocenters. The molecule has 3 N–H and O–H groups in total. The van der Waals surface area contributed by atoms with Crippen molar-refractivity contribution in [1.29, 1.82) is 0 Å². The summed E-state index contributed by atoms with van der Waals surface area (Å²) in [6, 6.07) is 1.60. The molecule has 1 saturated carbocycles. The van der Waals surface area contributed by atoms with Gasteiger partial charge in [0.15, 0.2) is 9.96 Å². The first-order valence-corrected chi connectivity index (χ1v) is 12.8. The molecule has 2 heterocycles. The SMILES string of the molecule is CCN(CC)S(=O)(=O)c1scc(NC2C(=O)C(=O)C2N[C@@H](c2ccc(C)o2)C(C)C)c1O. The minimum absolute atomic E-state index is 0.0741. The van der Waals surface area contributed by atoms with Gasteiger partial charge >= 0.3 is 0 Å². The second kappa shape index (κ2) is 9.34. The number of nitrogens with one attached hydrogen (secondary N) is 2. The molecule has 2 aromatic rings. The van der Waals surface area contributed by atoms with E-state index in [0.29, 0.717) is 5.76 Å². The van der Waals surface area contributed by atoms with E-state index >= 15 is 0 Å². The highest BCUT2D eigenvalue weighted by Crippen LogP contribution is 2.40. The van der Waals surface area contributed by atoms with E-state index in [9.17, 15) is 23.1 Å². The molecule has 1 aliphatic rings. The number of hydrogen-bond donors (Lipinski definition) is 3. The second-order valence-electron chi connectivity index (χ2n) is 8.04. The summed E-state index contributed by atoms with van der Waals surface area (Å²) in [6.07, 6.45) is 0. The lowest BCUT2D eigenvalue weighted by molar-refractivity contribution is -0.146. The molecule has 1 aliphatic carbocycles. The summed E-state index contributed by atoms with van der Waals surface area (Å²) in [6.45, 7) is 9.73. The monoisotopic (exact) mass is 483 g/mol. The Balaban J connectivity index is 1.82. The smallest absolute Gasteiger partial charge is 0.256 e. The lowest BCUT2D eigenvalue weighted by Crippen LogP contribution is -2.67. The number of carbonyl (C=O) groups excluding carboxylic acids is 2. The minimum atomic E-state index is -3.86. The molecule has 11 heteroatoms. The van der Waals surface area contributed by atoms with Crippen molar-refractivity contribution >= 4 is 38.6 Å². The van der Waals surface area contributed by atoms with Crippen molar-refractivity contribution in [3.63, 3.8) is 0 Å². The number of furan rings is 1. The van der Waals surface area contributed by atoms with Crippen LogP contribution in [0.15, 0.2) is 26.1 Å². The van der Waals surface area contributed by atoms with E-state index in [1.165, 1.54) is 9.69 Å². The van der Waals surface area contributed by atoms with Crippen molar-refractivity contribution in [2.75, 3.05) is 18.4 Å². The Labute approximate surface area is 191 Å². The van der Waals surface area contributed by atoms with Crippen molar-refractivity contribution in [2.45, 2.75) is 57.0 Å². The van der Waals surface area contributed by atoms with Gasteiger partial charge in [-0.25, -0.2) is 8.42 Å². The molecule has 1 fully saturated rings. The van der Waals surface area contributed by atoms with Gasteiger partial charge in [-0.15, -0.1) is 11.3 Å². The van der Waals surface area contributed by atoms with E-state index < -0.39 is 39.4 Å². The highest BCUT2D eigenvalue weighted by molar-refractivity contribution is 7.91. The van der Waals surface area contributed by atoms with Gasteiger partial charge in [0.25, 0.3) is 10.0 Å². The van der Waals surface area contributed by atoms with E-state index in [-0.39, 0.29) is 34.9 Å². The number of rotatable bonds is 10. The van der Waals surface area contributed by atoms with Crippen molar-refractivity contribution in [3.05, 3.63) is 29.0 Å². The summed E-state index contributed by atoms with van der Waals surface area (Å²) in [7, 11) is -3.86. The molecular formula is C21H29N3O6S2. The van der Waals surface area contributed by atoms with Gasteiger partial charge in [0.1, 0.15) is 23.6 Å². The number of thiophene rings is 1. The maximum absolute atomic E-state index is 12.8. The molecule has 0 saturated heterocycles. The first kappa shape index (κ1) is 24.4. The molecule has 0 bridgehead atoms. The zero-order chi connectivity index (χ0) is 23.8. The van der Waals surface area contributed by atoms with E-state index in [0.717, 1.165) is 17.1 Å². The molecule has 3 rings (SSSR count). The average molecular weight is 484 g/mol. The number of aromatic hydroxyl groups is 1. The van der Waals surface area contributed by atoms with Crippen molar-refractivity contribution < 1.29 is 27.5 Å². The van der Waals surface area contributed by atoms with Gasteiger partial charge in [-0.05, 0) is 25.0 Å². The number of anilines is 1. The number of aryl methyl sites for hydroxylation is 1. The summed E-state index contributed by atoms with van der Waals surface area (Å²) >= 11 is 0.867. The van der Waals surface area contributed by atoms with Gasteiger partial charge < -0.3 is 14.8 Å². The molecular weight excluding hydrogens is 454 g/mol. The predicted octanol–water partition coefficient (Wildman–Crippen LogP) is 2.67. The molecule has 0 radical (unpaired) electrons. The third-order valence-electron chi connectivity index (χ3n) is 5.56. The molecule has 9 nitrogen and oxygen atoms in total. The topological polar surface area (TPSA) is 129 Å². The van der Waals surface area contributed by atoms with Crippen LogP contribution in [0.25, 0.3) is 0 Å². The minimum Gasteiger partial charge on any atom is -0.504 e. The van der Waals surface area contributed by atoms with E-state index in [2.05, 4.69) is 10.6 Å². The summed E-state index contributed by atoms with van der Waals surface area (Å²) < 4.78 is 32.3. The third kappa shape index (κ3) is 4.34. The quantitative estimate of drug-likeness (QED) is 0.440. The Morgan fingerprint density at radius 2 is 1.78 bits per heavy atom. The molecule has 0 aliphatic heterocycles. The van der Waals surface area contributed by atoms with Crippen LogP contribution in [0.3, 0.4) is 0 Å². The number of nitrogens with zero attached hydrogens (tertiary/aromatic N) is 1. The number of sulfonamides is 1. The fraction of sp³-hybridized carbons (Fsp3) is 0.524. The van der Waals surface area contributed by atoms with Crippen LogP contribution in [0, 0.1) is 12.8 Å². The Bertz CT molecular complexity index is 1100. The highest BCUT2D eigenvalue weighted by Gasteiger charge is 2.51. The first-order chi connectivity index (χ1) is 15.0. The van der Waals surface area contributed by atoms with Crippen molar-refractivity contribution in [3.8, 4) is 5.75 Å². The molecule has 0 spiro atoms. The van der Waals surface area contributed by atoms with E-state index in [1.54, 1.807) is 13.8 Å². The van der Waals surface area contributed by atoms with Crippen LogP contribution >= 0.6 is 11.3 Å². The molecule has 2 aromatic heterocycles. The average Bonchev–Trinajstić information content (AvgIpc) is 3.33. The zero-order valence-electron chi connectivity index (χ0n) is 18.7. The lowest BCUT2D eigenvalue weighted by atomic mass is 9.81. The molecule has 32 heavy (non-hydrogen) atoms. The van der Waals surface area contributed by atoms with Gasteiger partial charge in [-0.2, -0.15) is 4.31 Å². The third-order valence-corrected chi connectivity index (χ3v) is 9.10. The normalized spacial score (nSPS) is 20.1. The molecule has 0 aromatic carbocycles. The second-order valence-corrected chi connectivity index (χ2v) is 11.1. The fourth-order valence-corrected chi connectivity index (χ4v) is 6.56. The van der Waals surface area contributed by atoms with E-state index in [1.807, 2.05) is 32.9 Å². The Kier molecular flexibility index (Phi) is 7.13. The molecule has 0 amide bonds. The van der Waals surface area contributed by atoms with Crippen LogP contribution < -0.4 is 10.6 Å². The first-order valence-electron chi connectivity index (χ1n) is 10.5. The van der Waals surface area contributed by atoms with Gasteiger partial charge in [-0.1, -0.05) is 27.7 Å². The molecule has 2 unspecified atom stereocenters. The predicted molar refractivity (Wildman–Crippen MR) is 121 cm³/mol. The van der Waals surface area contributed by atoms with Crippen LogP contribution in [0.5, 0.6) is 5.75 Å². The Morgan fingerprint density at radius 3 is 2.31 bits per heavy atom. The molecule has 176 valence electrons. The summed E-state index contributed by atoms with van der Waals surface area (Å²) in [5, 5.41) is 18.1. The van der Waals surface area contributed by atoms with Crippen molar-refractivity contribution in [1.82, 2.24) is 9.62 Å². The van der Waals surface area contributed by atoms with Gasteiger partial charge in [-0.3, -0.25) is 14.9 Å². The van der Waals surface area contributed by atoms with Crippen LogP contribution in [0.2, 0.25) is 0 Å². The summed E-state index contributed by atoms with van der Waals surface area (Å²) in [5.74, 6) is -0.167. The fourth-order valence-electron chi connectivity index (χ4n) is 3.72. The van der Waals surface area contributed by atoms with Gasteiger partial charge in [0.05, 0.1) is 11.7 Å². The van der Waals surface area contributed by atoms with Crippen LogP contribution in [0.1, 0.15) is 45.3 Å². The zero-order valence-corrected chi connectivity index (χ0v) is 20.3. The number of carbonyl (C=O) groups is 2. The number of Topliss-reactive ketones (excluding diaryl/α,β-unsaturated/α-hetero) is 2. The van der Waals surface area contributed by atoms with Crippen LogP contribution in [0.4, 0.5) is 5.69 Å².